The van der Waals surface area contributed by atoms with Crippen molar-refractivity contribution in [3.05, 3.63) is 102 Å². The van der Waals surface area contributed by atoms with Crippen LogP contribution in [0.15, 0.2) is 84.9 Å². The molecule has 0 aliphatic carbocycles. The van der Waals surface area contributed by atoms with Crippen LogP contribution in [0.3, 0.4) is 0 Å². The zero-order valence-corrected chi connectivity index (χ0v) is 30.1. The lowest BCUT2D eigenvalue weighted by Gasteiger charge is -2.35. The maximum Gasteiger partial charge on any atom is 0.407 e. The van der Waals surface area contributed by atoms with Crippen molar-refractivity contribution >= 4 is 23.9 Å². The Hall–Kier alpha value is -4.98. The molecule has 3 aromatic rings. The van der Waals surface area contributed by atoms with Crippen LogP contribution in [0.25, 0.3) is 0 Å². The molecule has 0 aliphatic heterocycles. The van der Waals surface area contributed by atoms with Crippen molar-refractivity contribution in [1.82, 2.24) is 21.1 Å². The number of ketones is 1. The number of methoxy groups -OCH3 is 2. The van der Waals surface area contributed by atoms with Gasteiger partial charge in [-0.25, -0.2) is 14.6 Å². The number of hydrogen-bond acceptors (Lipinski definition) is 10. The highest BCUT2D eigenvalue weighted by Crippen LogP contribution is 2.27. The first-order chi connectivity index (χ1) is 24.3. The van der Waals surface area contributed by atoms with Gasteiger partial charge in [0.15, 0.2) is 5.78 Å². The summed E-state index contributed by atoms with van der Waals surface area (Å²) in [5.41, 5.74) is 11.9. The Balaban J connectivity index is 1.94. The Morgan fingerprint density at radius 3 is 1.80 bits per heavy atom. The summed E-state index contributed by atoms with van der Waals surface area (Å²) in [6.45, 7) is 7.29. The lowest BCUT2D eigenvalue weighted by atomic mass is 9.80. The molecular formula is C38H51N5O8. The molecular weight excluding hydrogens is 654 g/mol. The van der Waals surface area contributed by atoms with E-state index in [4.69, 9.17) is 19.9 Å². The molecule has 3 rings (SSSR count). The van der Waals surface area contributed by atoms with E-state index in [2.05, 4.69) is 16.1 Å². The van der Waals surface area contributed by atoms with E-state index in [0.717, 1.165) is 11.1 Å². The third kappa shape index (κ3) is 12.4. The van der Waals surface area contributed by atoms with Crippen LogP contribution in [0.1, 0.15) is 50.4 Å². The molecule has 13 nitrogen and oxygen atoms in total. The Morgan fingerprint density at radius 2 is 1.27 bits per heavy atom. The summed E-state index contributed by atoms with van der Waals surface area (Å²) in [6.07, 6.45) is -3.02. The van der Waals surface area contributed by atoms with Crippen LogP contribution in [-0.2, 0) is 32.2 Å². The second-order valence-corrected chi connectivity index (χ2v) is 12.9. The average Bonchev–Trinajstić information content (AvgIpc) is 3.12. The van der Waals surface area contributed by atoms with Crippen LogP contribution in [-0.4, -0.2) is 72.9 Å². The van der Waals surface area contributed by atoms with Crippen LogP contribution in [0.4, 0.5) is 9.59 Å². The molecule has 0 saturated heterocycles. The van der Waals surface area contributed by atoms with Crippen LogP contribution < -0.4 is 26.5 Å². The fourth-order valence-corrected chi connectivity index (χ4v) is 5.54. The number of rotatable bonds is 18. The molecule has 3 amide bonds. The number of nitrogens with zero attached hydrogens (tertiary/aromatic N) is 1. The zero-order chi connectivity index (χ0) is 37.5. The van der Waals surface area contributed by atoms with E-state index in [9.17, 15) is 24.3 Å². The molecule has 0 spiro atoms. The van der Waals surface area contributed by atoms with Gasteiger partial charge in [0, 0.05) is 19.1 Å². The first-order valence-corrected chi connectivity index (χ1v) is 16.9. The number of Topliss-reactive ketones (excluding diaryl/α,β-unsaturated/α-hetero) is 1. The quantitative estimate of drug-likeness (QED) is 0.121. The standard InChI is InChI=1S/C38H51N5O8/c1-24(2)33(40-37(47)49-5)35(45)31(32(39)28-15-11-8-12-16-28)30(44)22-43(42-36(46)34(25(3)4)41-38(48)50-6)21-26-17-19-29(20-18-26)51-23-27-13-9-7-10-14-27/h7-20,24-25,30-34,44H,21-23,39H2,1-6H3,(H,40,47)(H,41,48)(H,42,46)/t30-,31?,32?,33-,34-/m0/s1. The first-order valence-electron chi connectivity index (χ1n) is 16.9. The fourth-order valence-electron chi connectivity index (χ4n) is 5.54. The third-order valence-electron chi connectivity index (χ3n) is 8.38. The summed E-state index contributed by atoms with van der Waals surface area (Å²) in [6, 6.07) is 22.9. The molecule has 276 valence electrons. The van der Waals surface area contributed by atoms with Crippen molar-refractivity contribution in [3.63, 3.8) is 0 Å². The van der Waals surface area contributed by atoms with E-state index in [1.807, 2.05) is 48.5 Å². The molecule has 13 heteroatoms. The SMILES string of the molecule is COC(=O)N[C@H](C(=O)NN(Cc1ccc(OCc2ccccc2)cc1)C[C@H](O)C(C(=O)[C@@H](NC(=O)OC)C(C)C)C(N)c1ccccc1)C(C)C. The van der Waals surface area contributed by atoms with E-state index in [0.29, 0.717) is 17.9 Å². The van der Waals surface area contributed by atoms with Gasteiger partial charge in [0.05, 0.1) is 32.3 Å². The first kappa shape index (κ1) is 40.4. The molecule has 6 N–H and O–H groups in total. The second-order valence-electron chi connectivity index (χ2n) is 12.9. The van der Waals surface area contributed by atoms with Gasteiger partial charge in [0.1, 0.15) is 18.4 Å². The number of aliphatic hydroxyl groups is 1. The Labute approximate surface area is 299 Å². The number of amides is 3. The topological polar surface area (TPSA) is 182 Å². The normalized spacial score (nSPS) is 14.2. The molecule has 0 saturated carbocycles. The predicted octanol–water partition coefficient (Wildman–Crippen LogP) is 4.11. The summed E-state index contributed by atoms with van der Waals surface area (Å²) in [5.74, 6) is -2.35. The number of hydrogen-bond donors (Lipinski definition) is 5. The molecule has 0 aliphatic rings. The number of hydrazine groups is 1. The molecule has 5 atom stereocenters. The number of carbonyl (C=O) groups excluding carboxylic acids is 4. The fraction of sp³-hybridized carbons (Fsp3) is 0.421. The zero-order valence-electron chi connectivity index (χ0n) is 30.1. The van der Waals surface area contributed by atoms with Crippen LogP contribution >= 0.6 is 0 Å². The summed E-state index contributed by atoms with van der Waals surface area (Å²) in [5, 5.41) is 18.5. The van der Waals surface area contributed by atoms with E-state index >= 15 is 0 Å². The van der Waals surface area contributed by atoms with Crippen LogP contribution in [0, 0.1) is 17.8 Å². The number of nitrogens with two attached hydrogens (primary N) is 1. The van der Waals surface area contributed by atoms with Gasteiger partial charge >= 0.3 is 12.2 Å². The summed E-state index contributed by atoms with van der Waals surface area (Å²) < 4.78 is 15.4. The molecule has 51 heavy (non-hydrogen) atoms. The molecule has 0 fully saturated rings. The average molecular weight is 706 g/mol. The van der Waals surface area contributed by atoms with Crippen LogP contribution in [0.2, 0.25) is 0 Å². The van der Waals surface area contributed by atoms with Gasteiger partial charge in [-0.15, -0.1) is 0 Å². The van der Waals surface area contributed by atoms with Gasteiger partial charge in [0.25, 0.3) is 5.91 Å². The number of alkyl carbamates (subject to hydrolysis) is 2. The highest BCUT2D eigenvalue weighted by atomic mass is 16.5. The van der Waals surface area contributed by atoms with Crippen molar-refractivity contribution in [3.8, 4) is 5.75 Å². The molecule has 0 bridgehead atoms. The van der Waals surface area contributed by atoms with Gasteiger partial charge in [-0.3, -0.25) is 15.0 Å². The van der Waals surface area contributed by atoms with Crippen molar-refractivity contribution in [2.45, 2.75) is 65.1 Å². The minimum absolute atomic E-state index is 0.0975. The number of aliphatic hydroxyl groups excluding tert-OH is 1. The molecule has 2 unspecified atom stereocenters. The minimum Gasteiger partial charge on any atom is -0.489 e. The highest BCUT2D eigenvalue weighted by Gasteiger charge is 2.40. The molecule has 0 aromatic heterocycles. The van der Waals surface area contributed by atoms with E-state index in [1.165, 1.54) is 19.2 Å². The Morgan fingerprint density at radius 1 is 0.745 bits per heavy atom. The van der Waals surface area contributed by atoms with Crippen LogP contribution in [0.5, 0.6) is 5.75 Å². The second kappa shape index (κ2) is 20.0. The Kier molecular flexibility index (Phi) is 15.9. The lowest BCUT2D eigenvalue weighted by molar-refractivity contribution is -0.133. The molecule has 0 radical (unpaired) electrons. The van der Waals surface area contributed by atoms with Gasteiger partial charge < -0.3 is 35.7 Å². The van der Waals surface area contributed by atoms with Gasteiger partial charge in [-0.05, 0) is 40.7 Å². The van der Waals surface area contributed by atoms with E-state index < -0.39 is 54.0 Å². The van der Waals surface area contributed by atoms with Crippen molar-refractivity contribution in [2.75, 3.05) is 20.8 Å². The number of benzene rings is 3. The maximum atomic E-state index is 14.2. The predicted molar refractivity (Wildman–Crippen MR) is 192 cm³/mol. The van der Waals surface area contributed by atoms with Crippen molar-refractivity contribution in [2.24, 2.45) is 23.5 Å². The summed E-state index contributed by atoms with van der Waals surface area (Å²) in [7, 11) is 2.40. The third-order valence-corrected chi connectivity index (χ3v) is 8.38. The number of ether oxygens (including phenoxy) is 3. The lowest BCUT2D eigenvalue weighted by Crippen LogP contribution is -2.57. The monoisotopic (exact) mass is 705 g/mol. The van der Waals surface area contributed by atoms with Crippen molar-refractivity contribution < 1.29 is 38.5 Å². The Bertz CT molecular complexity index is 1540. The maximum absolute atomic E-state index is 14.2. The summed E-state index contributed by atoms with van der Waals surface area (Å²) >= 11 is 0. The van der Waals surface area contributed by atoms with Gasteiger partial charge in [-0.2, -0.15) is 0 Å². The van der Waals surface area contributed by atoms with Crippen molar-refractivity contribution in [1.29, 1.82) is 0 Å². The van der Waals surface area contributed by atoms with Gasteiger partial charge in [0.2, 0.25) is 0 Å². The molecule has 0 heterocycles. The van der Waals surface area contributed by atoms with E-state index in [1.54, 1.807) is 64.1 Å². The summed E-state index contributed by atoms with van der Waals surface area (Å²) in [4.78, 5) is 52.2. The largest absolute Gasteiger partial charge is 0.489 e. The minimum atomic E-state index is -1.44. The highest BCUT2D eigenvalue weighted by molar-refractivity contribution is 5.90. The molecule has 3 aromatic carbocycles. The smallest absolute Gasteiger partial charge is 0.407 e. The van der Waals surface area contributed by atoms with Gasteiger partial charge in [-0.1, -0.05) is 100 Å². The number of nitrogens with one attached hydrogen (secondary N) is 3. The van der Waals surface area contributed by atoms with E-state index in [-0.39, 0.29) is 24.9 Å². The number of carbonyl (C=O) groups is 4.